The summed E-state index contributed by atoms with van der Waals surface area (Å²) >= 11 is 0. The number of hydrogen-bond acceptors (Lipinski definition) is 7. The smallest absolute Gasteiger partial charge is 0.298 e. The molecule has 33 heavy (non-hydrogen) atoms. The minimum absolute atomic E-state index is 0.0446. The van der Waals surface area contributed by atoms with Gasteiger partial charge in [0.2, 0.25) is 5.95 Å². The number of aromatic nitrogens is 4. The lowest BCUT2D eigenvalue weighted by Gasteiger charge is -2.10. The number of nitrogens with one attached hydrogen (secondary N) is 1. The van der Waals surface area contributed by atoms with E-state index in [1.54, 1.807) is 30.7 Å². The Balaban J connectivity index is 1.83. The van der Waals surface area contributed by atoms with Crippen LogP contribution in [0.4, 0.5) is 11.6 Å². The van der Waals surface area contributed by atoms with E-state index < -0.39 is 16.2 Å². The fourth-order valence-electron chi connectivity index (χ4n) is 3.49. The van der Waals surface area contributed by atoms with Crippen LogP contribution in [-0.2, 0) is 20.6 Å². The van der Waals surface area contributed by atoms with Crippen LogP contribution in [0.2, 0.25) is 0 Å². The summed E-state index contributed by atoms with van der Waals surface area (Å²) in [5, 5.41) is 15.4. The van der Waals surface area contributed by atoms with Crippen LogP contribution in [0.25, 0.3) is 11.2 Å². The van der Waals surface area contributed by atoms with E-state index >= 15 is 0 Å². The average Bonchev–Trinajstić information content (AvgIpc) is 3.18. The van der Waals surface area contributed by atoms with Gasteiger partial charge in [0.15, 0.2) is 11.2 Å². The molecule has 0 saturated heterocycles. The van der Waals surface area contributed by atoms with Crippen molar-refractivity contribution in [3.63, 3.8) is 0 Å². The van der Waals surface area contributed by atoms with Gasteiger partial charge in [-0.05, 0) is 12.5 Å². The van der Waals surface area contributed by atoms with Crippen LogP contribution >= 0.6 is 0 Å². The van der Waals surface area contributed by atoms with Crippen LogP contribution in [0, 0.1) is 10.1 Å². The molecule has 4 rings (SSSR count). The van der Waals surface area contributed by atoms with Crippen molar-refractivity contribution in [2.75, 3.05) is 5.43 Å². The van der Waals surface area contributed by atoms with Crippen LogP contribution in [0.15, 0.2) is 69.3 Å². The van der Waals surface area contributed by atoms with Crippen molar-refractivity contribution in [2.24, 2.45) is 19.2 Å². The second-order valence-corrected chi connectivity index (χ2v) is 7.50. The number of nitro groups is 1. The van der Waals surface area contributed by atoms with Crippen LogP contribution < -0.4 is 16.7 Å². The van der Waals surface area contributed by atoms with Gasteiger partial charge >= 0.3 is 5.69 Å². The summed E-state index contributed by atoms with van der Waals surface area (Å²) in [6.07, 6.45) is 0. The fraction of sp³-hybridized carbons (Fsp3) is 0.182. The van der Waals surface area contributed by atoms with Gasteiger partial charge < -0.3 is 0 Å². The van der Waals surface area contributed by atoms with Gasteiger partial charge in [0.1, 0.15) is 0 Å². The highest BCUT2D eigenvalue weighted by Gasteiger charge is 2.19. The Morgan fingerprint density at radius 2 is 1.82 bits per heavy atom. The van der Waals surface area contributed by atoms with Gasteiger partial charge in [0, 0.05) is 31.8 Å². The maximum Gasteiger partial charge on any atom is 0.332 e. The van der Waals surface area contributed by atoms with Crippen molar-refractivity contribution in [1.29, 1.82) is 0 Å². The number of fused-ring (bicyclic) bond motifs is 1. The van der Waals surface area contributed by atoms with Gasteiger partial charge in [-0.1, -0.05) is 42.5 Å². The van der Waals surface area contributed by atoms with Gasteiger partial charge in [-0.15, -0.1) is 0 Å². The summed E-state index contributed by atoms with van der Waals surface area (Å²) in [7, 11) is 2.97. The predicted molar refractivity (Wildman–Crippen MR) is 125 cm³/mol. The first kappa shape index (κ1) is 21.7. The summed E-state index contributed by atoms with van der Waals surface area (Å²) in [4.78, 5) is 40.4. The molecule has 0 saturated carbocycles. The van der Waals surface area contributed by atoms with E-state index in [4.69, 9.17) is 0 Å². The number of nitrogens with zero attached hydrogens (tertiary/aromatic N) is 6. The summed E-state index contributed by atoms with van der Waals surface area (Å²) in [5.74, 6) is 0.261. The van der Waals surface area contributed by atoms with Crippen LogP contribution in [0.5, 0.6) is 0 Å². The highest BCUT2D eigenvalue weighted by molar-refractivity contribution is 5.99. The van der Waals surface area contributed by atoms with Crippen molar-refractivity contribution in [3.05, 3.63) is 96.7 Å². The zero-order valence-corrected chi connectivity index (χ0v) is 18.2. The maximum absolute atomic E-state index is 12.9. The van der Waals surface area contributed by atoms with E-state index in [0.717, 1.165) is 10.1 Å². The Morgan fingerprint density at radius 1 is 1.09 bits per heavy atom. The van der Waals surface area contributed by atoms with E-state index in [0.29, 0.717) is 17.8 Å². The second kappa shape index (κ2) is 8.54. The number of nitro benzene ring substituents is 1. The molecule has 0 unspecified atom stereocenters. The molecule has 2 aromatic heterocycles. The minimum atomic E-state index is -0.486. The molecule has 0 radical (unpaired) electrons. The Bertz CT molecular complexity index is 1510. The number of anilines is 1. The van der Waals surface area contributed by atoms with Crippen molar-refractivity contribution < 1.29 is 4.92 Å². The molecule has 11 heteroatoms. The lowest BCUT2D eigenvalue weighted by atomic mass is 10.1. The molecular weight excluding hydrogens is 426 g/mol. The van der Waals surface area contributed by atoms with Crippen molar-refractivity contribution in [2.45, 2.75) is 13.5 Å². The third-order valence-electron chi connectivity index (χ3n) is 5.33. The molecule has 0 spiro atoms. The van der Waals surface area contributed by atoms with E-state index in [-0.39, 0.29) is 22.8 Å². The van der Waals surface area contributed by atoms with Crippen molar-refractivity contribution in [3.8, 4) is 0 Å². The molecule has 0 amide bonds. The van der Waals surface area contributed by atoms with Gasteiger partial charge in [0.25, 0.3) is 11.2 Å². The molecule has 0 aliphatic rings. The van der Waals surface area contributed by atoms with E-state index in [1.807, 2.05) is 30.3 Å². The molecule has 4 aromatic rings. The number of hydrazone groups is 1. The third kappa shape index (κ3) is 4.03. The fourth-order valence-corrected chi connectivity index (χ4v) is 3.49. The first-order valence-corrected chi connectivity index (χ1v) is 10.0. The molecule has 0 aliphatic carbocycles. The van der Waals surface area contributed by atoms with Crippen molar-refractivity contribution >= 4 is 28.5 Å². The minimum Gasteiger partial charge on any atom is -0.298 e. The number of imidazole rings is 1. The quantitative estimate of drug-likeness (QED) is 0.274. The standard InChI is InChI=1S/C22H21N7O4/c1-14(16-10-7-11-17(12-16)29(32)33)24-25-21-23-19-18(20(30)27(3)22(31)26(19)2)28(21)13-15-8-5-4-6-9-15/h4-12H,13H2,1-3H3,(H,23,25)/b24-14-. The normalized spacial score (nSPS) is 11.7. The molecule has 0 bridgehead atoms. The molecule has 2 aromatic carbocycles. The molecule has 0 fully saturated rings. The number of non-ortho nitro benzene ring substituents is 1. The topological polar surface area (TPSA) is 129 Å². The molecular formula is C22H21N7O4. The number of benzene rings is 2. The lowest BCUT2D eigenvalue weighted by Crippen LogP contribution is -2.37. The molecule has 11 nitrogen and oxygen atoms in total. The van der Waals surface area contributed by atoms with E-state index in [1.165, 1.54) is 23.7 Å². The maximum atomic E-state index is 12.9. The Kier molecular flexibility index (Phi) is 5.61. The predicted octanol–water partition coefficient (Wildman–Crippen LogP) is 2.23. The van der Waals surface area contributed by atoms with Gasteiger partial charge in [-0.3, -0.25) is 28.6 Å². The monoisotopic (exact) mass is 447 g/mol. The molecule has 168 valence electrons. The highest BCUT2D eigenvalue weighted by Crippen LogP contribution is 2.19. The van der Waals surface area contributed by atoms with Gasteiger partial charge in [-0.25, -0.2) is 10.2 Å². The molecule has 0 atom stereocenters. The Morgan fingerprint density at radius 3 is 2.52 bits per heavy atom. The largest absolute Gasteiger partial charge is 0.332 e. The van der Waals surface area contributed by atoms with E-state index in [9.17, 15) is 19.7 Å². The Labute approximate surface area is 187 Å². The SMILES string of the molecule is C/C(=N/Nc1nc2c(c(=O)n(C)c(=O)n2C)n1Cc1ccccc1)c1cccc([N+](=O)[O-])c1. The second-order valence-electron chi connectivity index (χ2n) is 7.50. The summed E-state index contributed by atoms with van der Waals surface area (Å²) in [6.45, 7) is 2.02. The summed E-state index contributed by atoms with van der Waals surface area (Å²) < 4.78 is 4.00. The highest BCUT2D eigenvalue weighted by atomic mass is 16.6. The zero-order valence-electron chi connectivity index (χ0n) is 18.2. The molecule has 2 heterocycles. The van der Waals surface area contributed by atoms with Gasteiger partial charge in [0.05, 0.1) is 17.2 Å². The van der Waals surface area contributed by atoms with E-state index in [2.05, 4.69) is 15.5 Å². The molecule has 1 N–H and O–H groups in total. The lowest BCUT2D eigenvalue weighted by molar-refractivity contribution is -0.384. The number of rotatable bonds is 6. The van der Waals surface area contributed by atoms with Crippen molar-refractivity contribution in [1.82, 2.24) is 18.7 Å². The first-order chi connectivity index (χ1) is 15.8. The van der Waals surface area contributed by atoms with Crippen LogP contribution in [0.3, 0.4) is 0 Å². The van der Waals surface area contributed by atoms with Gasteiger partial charge in [-0.2, -0.15) is 10.1 Å². The summed E-state index contributed by atoms with van der Waals surface area (Å²) in [6, 6.07) is 15.6. The third-order valence-corrected chi connectivity index (χ3v) is 5.33. The Hall–Kier alpha value is -4.54. The first-order valence-electron chi connectivity index (χ1n) is 10.0. The summed E-state index contributed by atoms with van der Waals surface area (Å²) in [5.41, 5.74) is 4.33. The average molecular weight is 447 g/mol. The zero-order chi connectivity index (χ0) is 23.7. The van der Waals surface area contributed by atoms with Crippen LogP contribution in [0.1, 0.15) is 18.1 Å². The molecule has 0 aliphatic heterocycles. The number of hydrogen-bond donors (Lipinski definition) is 1. The number of aryl methyl sites for hydroxylation is 1. The van der Waals surface area contributed by atoms with Crippen LogP contribution in [-0.4, -0.2) is 29.3 Å².